The van der Waals surface area contributed by atoms with E-state index in [0.29, 0.717) is 17.0 Å². The molecular formula is C21H22FN3O4. The van der Waals surface area contributed by atoms with E-state index in [9.17, 15) is 18.8 Å². The number of urea groups is 1. The monoisotopic (exact) mass is 399 g/mol. The van der Waals surface area contributed by atoms with Crippen LogP contribution in [0.25, 0.3) is 0 Å². The van der Waals surface area contributed by atoms with Crippen LogP contribution in [0.5, 0.6) is 5.75 Å². The number of benzene rings is 2. The van der Waals surface area contributed by atoms with Crippen LogP contribution >= 0.6 is 0 Å². The maximum Gasteiger partial charge on any atom is 0.319 e. The number of nitrogens with one attached hydrogen (secondary N) is 2. The van der Waals surface area contributed by atoms with Gasteiger partial charge in [0.05, 0.1) is 6.42 Å². The number of anilines is 1. The molecule has 1 atom stereocenters. The lowest BCUT2D eigenvalue weighted by atomic mass is 10.2. The molecule has 1 saturated heterocycles. The molecule has 1 fully saturated rings. The van der Waals surface area contributed by atoms with E-state index >= 15 is 0 Å². The Labute approximate surface area is 167 Å². The van der Waals surface area contributed by atoms with Crippen molar-refractivity contribution in [3.63, 3.8) is 0 Å². The van der Waals surface area contributed by atoms with Crippen molar-refractivity contribution in [3.8, 4) is 5.75 Å². The van der Waals surface area contributed by atoms with Crippen LogP contribution in [-0.2, 0) is 16.2 Å². The van der Waals surface area contributed by atoms with Gasteiger partial charge in [-0.1, -0.05) is 18.2 Å². The Morgan fingerprint density at radius 3 is 2.66 bits per heavy atom. The lowest BCUT2D eigenvalue weighted by Gasteiger charge is -2.19. The number of carbonyl (C=O) groups is 3. The number of carbonyl (C=O) groups excluding carboxylic acids is 3. The molecule has 1 aliphatic heterocycles. The second-order valence-electron chi connectivity index (χ2n) is 7.00. The van der Waals surface area contributed by atoms with Crippen LogP contribution in [0.1, 0.15) is 25.8 Å². The molecule has 0 aromatic heterocycles. The molecule has 8 heteroatoms. The fourth-order valence-electron chi connectivity index (χ4n) is 3.09. The summed E-state index contributed by atoms with van der Waals surface area (Å²) in [5, 5.41) is 5.16. The summed E-state index contributed by atoms with van der Waals surface area (Å²) in [5.41, 5.74) is 1.14. The van der Waals surface area contributed by atoms with Gasteiger partial charge in [0.2, 0.25) is 5.91 Å². The fraction of sp³-hybridized carbons (Fsp3) is 0.286. The first kappa shape index (κ1) is 20.3. The van der Waals surface area contributed by atoms with Crippen molar-refractivity contribution in [2.24, 2.45) is 0 Å². The lowest BCUT2D eigenvalue weighted by molar-refractivity contribution is -0.140. The molecular weight excluding hydrogens is 377 g/mol. The van der Waals surface area contributed by atoms with Crippen molar-refractivity contribution in [1.29, 1.82) is 0 Å². The zero-order valence-corrected chi connectivity index (χ0v) is 16.1. The summed E-state index contributed by atoms with van der Waals surface area (Å²) in [6.07, 6.45) is -0.0543. The highest BCUT2D eigenvalue weighted by Crippen LogP contribution is 2.20. The molecule has 0 aliphatic carbocycles. The Kier molecular flexibility index (Phi) is 6.11. The van der Waals surface area contributed by atoms with Crippen molar-refractivity contribution in [2.45, 2.75) is 39.0 Å². The minimum absolute atomic E-state index is 0.0543. The molecule has 4 amide bonds. The molecule has 1 unspecified atom stereocenters. The van der Waals surface area contributed by atoms with Crippen molar-refractivity contribution in [3.05, 3.63) is 59.9 Å². The third-order valence-corrected chi connectivity index (χ3v) is 4.39. The number of nitrogens with zero attached hydrogens (tertiary/aromatic N) is 1. The Hall–Kier alpha value is -3.42. The fourth-order valence-corrected chi connectivity index (χ4v) is 3.09. The average Bonchev–Trinajstić information content (AvgIpc) is 2.93. The number of hydrogen-bond acceptors (Lipinski definition) is 4. The van der Waals surface area contributed by atoms with Gasteiger partial charge in [0.15, 0.2) is 0 Å². The number of rotatable bonds is 6. The van der Waals surface area contributed by atoms with E-state index in [2.05, 4.69) is 10.6 Å². The SMILES string of the molecule is CC(C)N1C(=O)CC(NC(=O)Nc2cccc(OCc3cccc(F)c3)c2)C1=O. The standard InChI is InChI=1S/C21H22FN3O4/c1-13(2)25-19(26)11-18(20(25)27)24-21(28)23-16-7-4-8-17(10-16)29-12-14-5-3-6-15(22)9-14/h3-10,13,18H,11-12H2,1-2H3,(H2,23,24,28). The Morgan fingerprint density at radius 2 is 1.97 bits per heavy atom. The van der Waals surface area contributed by atoms with Crippen LogP contribution < -0.4 is 15.4 Å². The normalized spacial score (nSPS) is 16.3. The summed E-state index contributed by atoms with van der Waals surface area (Å²) in [6, 6.07) is 11.1. The number of ether oxygens (including phenoxy) is 1. The third kappa shape index (κ3) is 5.10. The minimum Gasteiger partial charge on any atom is -0.489 e. The Morgan fingerprint density at radius 1 is 1.21 bits per heavy atom. The first-order valence-electron chi connectivity index (χ1n) is 9.24. The van der Waals surface area contributed by atoms with Crippen LogP contribution in [0.3, 0.4) is 0 Å². The van der Waals surface area contributed by atoms with E-state index in [1.807, 2.05) is 0 Å². The Bertz CT molecular complexity index is 932. The van der Waals surface area contributed by atoms with Crippen LogP contribution in [0.4, 0.5) is 14.9 Å². The molecule has 0 radical (unpaired) electrons. The highest BCUT2D eigenvalue weighted by atomic mass is 19.1. The van der Waals surface area contributed by atoms with Crippen molar-refractivity contribution < 1.29 is 23.5 Å². The van der Waals surface area contributed by atoms with E-state index in [4.69, 9.17) is 4.74 Å². The molecule has 2 aromatic rings. The van der Waals surface area contributed by atoms with Gasteiger partial charge in [-0.25, -0.2) is 9.18 Å². The summed E-state index contributed by atoms with van der Waals surface area (Å²) in [6.45, 7) is 3.66. The second-order valence-corrected chi connectivity index (χ2v) is 7.00. The minimum atomic E-state index is -0.877. The number of amides is 4. The molecule has 1 aliphatic rings. The largest absolute Gasteiger partial charge is 0.489 e. The van der Waals surface area contributed by atoms with Gasteiger partial charge in [-0.15, -0.1) is 0 Å². The summed E-state index contributed by atoms with van der Waals surface area (Å²) < 4.78 is 18.9. The molecule has 0 spiro atoms. The quantitative estimate of drug-likeness (QED) is 0.731. The van der Waals surface area contributed by atoms with Gasteiger partial charge in [0, 0.05) is 17.8 Å². The highest BCUT2D eigenvalue weighted by Gasteiger charge is 2.40. The van der Waals surface area contributed by atoms with Crippen LogP contribution in [0, 0.1) is 5.82 Å². The van der Waals surface area contributed by atoms with Gasteiger partial charge in [-0.2, -0.15) is 0 Å². The molecule has 0 saturated carbocycles. The maximum atomic E-state index is 13.2. The molecule has 1 heterocycles. The summed E-state index contributed by atoms with van der Waals surface area (Å²) in [5.74, 6) is -0.560. The van der Waals surface area contributed by atoms with Crippen LogP contribution in [0.15, 0.2) is 48.5 Å². The second kappa shape index (κ2) is 8.72. The van der Waals surface area contributed by atoms with Gasteiger partial charge in [0.25, 0.3) is 5.91 Å². The first-order chi connectivity index (χ1) is 13.8. The average molecular weight is 399 g/mol. The third-order valence-electron chi connectivity index (χ3n) is 4.39. The van der Waals surface area contributed by atoms with Gasteiger partial charge >= 0.3 is 6.03 Å². The van der Waals surface area contributed by atoms with Gasteiger partial charge in [-0.3, -0.25) is 14.5 Å². The zero-order chi connectivity index (χ0) is 21.0. The van der Waals surface area contributed by atoms with E-state index in [1.165, 1.54) is 12.1 Å². The Balaban J connectivity index is 1.56. The molecule has 3 rings (SSSR count). The van der Waals surface area contributed by atoms with Gasteiger partial charge < -0.3 is 15.4 Å². The highest BCUT2D eigenvalue weighted by molar-refractivity contribution is 6.07. The predicted molar refractivity (Wildman–Crippen MR) is 105 cm³/mol. The number of hydrogen-bond donors (Lipinski definition) is 2. The lowest BCUT2D eigenvalue weighted by Crippen LogP contribution is -2.45. The number of likely N-dealkylation sites (tertiary alicyclic amines) is 1. The van der Waals surface area contributed by atoms with E-state index in [-0.39, 0.29) is 30.8 Å². The summed E-state index contributed by atoms with van der Waals surface area (Å²) in [4.78, 5) is 37.6. The van der Waals surface area contributed by atoms with E-state index in [0.717, 1.165) is 4.90 Å². The van der Waals surface area contributed by atoms with Gasteiger partial charge in [0.1, 0.15) is 24.2 Å². The molecule has 7 nitrogen and oxygen atoms in total. The predicted octanol–water partition coefficient (Wildman–Crippen LogP) is 3.06. The first-order valence-corrected chi connectivity index (χ1v) is 9.24. The van der Waals surface area contributed by atoms with Crippen LogP contribution in [0.2, 0.25) is 0 Å². The summed E-state index contributed by atoms with van der Waals surface area (Å²) >= 11 is 0. The maximum absolute atomic E-state index is 13.2. The molecule has 0 bridgehead atoms. The zero-order valence-electron chi connectivity index (χ0n) is 16.1. The molecule has 2 N–H and O–H groups in total. The molecule has 29 heavy (non-hydrogen) atoms. The van der Waals surface area contributed by atoms with Crippen molar-refractivity contribution in [1.82, 2.24) is 10.2 Å². The molecule has 2 aromatic carbocycles. The van der Waals surface area contributed by atoms with Gasteiger partial charge in [-0.05, 0) is 43.7 Å². The van der Waals surface area contributed by atoms with Crippen LogP contribution in [-0.4, -0.2) is 34.8 Å². The molecule has 152 valence electrons. The smallest absolute Gasteiger partial charge is 0.319 e. The van der Waals surface area contributed by atoms with E-state index < -0.39 is 18.0 Å². The summed E-state index contributed by atoms with van der Waals surface area (Å²) in [7, 11) is 0. The number of halogens is 1. The topological polar surface area (TPSA) is 87.7 Å². The van der Waals surface area contributed by atoms with Crippen molar-refractivity contribution >= 4 is 23.5 Å². The number of imide groups is 1. The van der Waals surface area contributed by atoms with Crippen molar-refractivity contribution in [2.75, 3.05) is 5.32 Å². The van der Waals surface area contributed by atoms with E-state index in [1.54, 1.807) is 50.2 Å².